The molecule has 3 rings (SSSR count). The number of para-hydroxylation sites is 1. The van der Waals surface area contributed by atoms with Gasteiger partial charge in [-0.05, 0) is 42.9 Å². The molecule has 7 N–H and O–H groups in total. The Hall–Kier alpha value is -3.58. The van der Waals surface area contributed by atoms with Gasteiger partial charge in [-0.1, -0.05) is 18.2 Å². The van der Waals surface area contributed by atoms with Gasteiger partial charge in [0.25, 0.3) is 0 Å². The molecule has 3 amide bonds. The maximum Gasteiger partial charge on any atom is 0.326 e. The minimum Gasteiger partial charge on any atom is -0.481 e. The van der Waals surface area contributed by atoms with Crippen molar-refractivity contribution in [2.75, 3.05) is 18.6 Å². The van der Waals surface area contributed by atoms with E-state index in [2.05, 4.69) is 15.6 Å². The predicted molar refractivity (Wildman–Crippen MR) is 141 cm³/mol. The van der Waals surface area contributed by atoms with Crippen LogP contribution in [0.5, 0.6) is 0 Å². The standard InChI is InChI=1S/C25H33N5O7S/c1-38-10-8-16(26)22(33)28-18(11-14-13-27-17-6-3-2-5-15(14)17)23(34)29-19(12-21(31)32)24(35)30-9-4-7-20(30)25(36)37/h2-3,5-6,13,16,18-20,27H,4,7-12,26H2,1H3,(H,28,33)(H,29,34)(H,31,32)(H,36,37). The predicted octanol–water partition coefficient (Wildman–Crippen LogP) is 0.311. The molecular weight excluding hydrogens is 514 g/mol. The van der Waals surface area contributed by atoms with E-state index >= 15 is 0 Å². The quantitative estimate of drug-likeness (QED) is 0.205. The van der Waals surface area contributed by atoms with E-state index in [1.165, 1.54) is 11.8 Å². The van der Waals surface area contributed by atoms with Crippen molar-refractivity contribution in [2.45, 2.75) is 56.3 Å². The van der Waals surface area contributed by atoms with Gasteiger partial charge in [0, 0.05) is 30.1 Å². The van der Waals surface area contributed by atoms with Crippen molar-refractivity contribution in [1.29, 1.82) is 0 Å². The molecule has 38 heavy (non-hydrogen) atoms. The zero-order valence-corrected chi connectivity index (χ0v) is 21.8. The summed E-state index contributed by atoms with van der Waals surface area (Å²) in [6.07, 6.45) is 3.98. The van der Waals surface area contributed by atoms with Gasteiger partial charge in [-0.2, -0.15) is 11.8 Å². The second-order valence-electron chi connectivity index (χ2n) is 9.20. The van der Waals surface area contributed by atoms with Crippen LogP contribution >= 0.6 is 11.8 Å². The number of nitrogens with two attached hydrogens (primary N) is 1. The Morgan fingerprint density at radius 1 is 1.13 bits per heavy atom. The summed E-state index contributed by atoms with van der Waals surface area (Å²) in [7, 11) is 0. The molecule has 1 aromatic carbocycles. The van der Waals surface area contributed by atoms with Crippen molar-refractivity contribution in [3.05, 3.63) is 36.0 Å². The van der Waals surface area contributed by atoms with Crippen molar-refractivity contribution in [1.82, 2.24) is 20.5 Å². The van der Waals surface area contributed by atoms with Crippen LogP contribution in [0.3, 0.4) is 0 Å². The van der Waals surface area contributed by atoms with Crippen molar-refractivity contribution < 1.29 is 34.2 Å². The third kappa shape index (κ3) is 7.25. The first-order valence-corrected chi connectivity index (χ1v) is 13.7. The number of thioether (sulfide) groups is 1. The van der Waals surface area contributed by atoms with E-state index in [0.29, 0.717) is 18.6 Å². The van der Waals surface area contributed by atoms with Crippen molar-refractivity contribution in [3.63, 3.8) is 0 Å². The number of carboxylic acid groups (broad SMARTS) is 2. The van der Waals surface area contributed by atoms with Gasteiger partial charge in [0.1, 0.15) is 18.1 Å². The number of hydrogen-bond donors (Lipinski definition) is 6. The summed E-state index contributed by atoms with van der Waals surface area (Å²) in [5.74, 6) is -4.01. The van der Waals surface area contributed by atoms with Crippen molar-refractivity contribution in [3.8, 4) is 0 Å². The SMILES string of the molecule is CSCCC(N)C(=O)NC(Cc1c[nH]c2ccccc12)C(=O)NC(CC(=O)O)C(=O)N1CCCC1C(=O)O. The molecule has 1 aromatic heterocycles. The number of hydrogen-bond acceptors (Lipinski definition) is 7. The monoisotopic (exact) mass is 547 g/mol. The fourth-order valence-electron chi connectivity index (χ4n) is 4.52. The number of nitrogens with zero attached hydrogens (tertiary/aromatic N) is 1. The summed E-state index contributed by atoms with van der Waals surface area (Å²) < 4.78 is 0. The minimum absolute atomic E-state index is 0.0479. The van der Waals surface area contributed by atoms with Crippen LogP contribution in [0, 0.1) is 0 Å². The molecule has 1 saturated heterocycles. The highest BCUT2D eigenvalue weighted by atomic mass is 32.2. The lowest BCUT2D eigenvalue weighted by molar-refractivity contribution is -0.150. The minimum atomic E-state index is -1.51. The van der Waals surface area contributed by atoms with E-state index in [1.807, 2.05) is 30.5 Å². The number of aliphatic carboxylic acids is 2. The molecule has 4 unspecified atom stereocenters. The smallest absolute Gasteiger partial charge is 0.326 e. The highest BCUT2D eigenvalue weighted by Crippen LogP contribution is 2.21. The van der Waals surface area contributed by atoms with Gasteiger partial charge in [0.05, 0.1) is 12.5 Å². The third-order valence-electron chi connectivity index (χ3n) is 6.52. The average molecular weight is 548 g/mol. The largest absolute Gasteiger partial charge is 0.481 e. The van der Waals surface area contributed by atoms with Crippen LogP contribution in [-0.4, -0.2) is 92.5 Å². The summed E-state index contributed by atoms with van der Waals surface area (Å²) >= 11 is 1.53. The number of fused-ring (bicyclic) bond motifs is 1. The van der Waals surface area contributed by atoms with Crippen LogP contribution in [-0.2, 0) is 30.4 Å². The fourth-order valence-corrected chi connectivity index (χ4v) is 5.01. The van der Waals surface area contributed by atoms with Crippen LogP contribution in [0.2, 0.25) is 0 Å². The number of amides is 3. The lowest BCUT2D eigenvalue weighted by Crippen LogP contribution is -2.58. The Labute approximate surface area is 223 Å². The Bertz CT molecular complexity index is 1190. The molecule has 12 nitrogen and oxygen atoms in total. The van der Waals surface area contributed by atoms with Crippen LogP contribution in [0.1, 0.15) is 31.2 Å². The van der Waals surface area contributed by atoms with Gasteiger partial charge in [-0.3, -0.25) is 19.2 Å². The lowest BCUT2D eigenvalue weighted by Gasteiger charge is -2.28. The zero-order valence-electron chi connectivity index (χ0n) is 21.0. The number of likely N-dealkylation sites (tertiary alicyclic amines) is 1. The van der Waals surface area contributed by atoms with E-state index in [4.69, 9.17) is 5.73 Å². The Balaban J connectivity index is 1.84. The van der Waals surface area contributed by atoms with E-state index in [0.717, 1.165) is 21.4 Å². The number of aromatic nitrogens is 1. The van der Waals surface area contributed by atoms with Crippen LogP contribution in [0.4, 0.5) is 0 Å². The van der Waals surface area contributed by atoms with Gasteiger partial charge in [0.15, 0.2) is 0 Å². The number of rotatable bonds is 13. The summed E-state index contributed by atoms with van der Waals surface area (Å²) in [6, 6.07) is 2.78. The Morgan fingerprint density at radius 3 is 2.53 bits per heavy atom. The fraction of sp³-hybridized carbons (Fsp3) is 0.480. The van der Waals surface area contributed by atoms with Crippen molar-refractivity contribution in [2.24, 2.45) is 5.73 Å². The Morgan fingerprint density at radius 2 is 1.84 bits per heavy atom. The number of nitrogens with one attached hydrogen (secondary N) is 3. The highest BCUT2D eigenvalue weighted by molar-refractivity contribution is 7.98. The summed E-state index contributed by atoms with van der Waals surface area (Å²) in [6.45, 7) is 0.140. The van der Waals surface area contributed by atoms with E-state index in [-0.39, 0.29) is 19.4 Å². The normalized spacial score (nSPS) is 17.5. The first-order chi connectivity index (χ1) is 18.1. The van der Waals surface area contributed by atoms with Gasteiger partial charge >= 0.3 is 11.9 Å². The number of carboxylic acids is 2. The van der Waals surface area contributed by atoms with E-state index in [1.54, 1.807) is 6.20 Å². The molecule has 206 valence electrons. The van der Waals surface area contributed by atoms with E-state index < -0.39 is 60.2 Å². The maximum atomic E-state index is 13.4. The Kier molecular flexibility index (Phi) is 10.1. The molecular formula is C25H33N5O7S. The summed E-state index contributed by atoms with van der Waals surface area (Å²) in [5, 5.41) is 24.8. The molecule has 0 spiro atoms. The molecule has 1 fully saturated rings. The first-order valence-electron chi connectivity index (χ1n) is 12.3. The second-order valence-corrected chi connectivity index (χ2v) is 10.2. The maximum absolute atomic E-state index is 13.4. The number of H-pyrrole nitrogens is 1. The molecule has 2 aromatic rings. The number of carbonyl (C=O) groups excluding carboxylic acids is 3. The summed E-state index contributed by atoms with van der Waals surface area (Å²) in [4.78, 5) is 66.7. The third-order valence-corrected chi connectivity index (χ3v) is 7.16. The molecule has 13 heteroatoms. The molecule has 0 aliphatic carbocycles. The highest BCUT2D eigenvalue weighted by Gasteiger charge is 2.39. The molecule has 1 aliphatic heterocycles. The van der Waals surface area contributed by atoms with Crippen LogP contribution in [0.15, 0.2) is 30.5 Å². The van der Waals surface area contributed by atoms with Crippen LogP contribution < -0.4 is 16.4 Å². The van der Waals surface area contributed by atoms with E-state index in [9.17, 15) is 34.2 Å². The van der Waals surface area contributed by atoms with Gasteiger partial charge in [-0.15, -0.1) is 0 Å². The van der Waals surface area contributed by atoms with Gasteiger partial charge < -0.3 is 36.5 Å². The van der Waals surface area contributed by atoms with Gasteiger partial charge in [-0.25, -0.2) is 4.79 Å². The molecule has 1 aliphatic rings. The first kappa shape index (κ1) is 29.0. The summed E-state index contributed by atoms with van der Waals surface area (Å²) in [5.41, 5.74) is 7.56. The molecule has 0 saturated carbocycles. The molecule has 0 radical (unpaired) electrons. The number of carbonyl (C=O) groups is 5. The number of benzene rings is 1. The zero-order chi connectivity index (χ0) is 27.8. The molecule has 0 bridgehead atoms. The average Bonchev–Trinajstić information content (AvgIpc) is 3.53. The van der Waals surface area contributed by atoms with Gasteiger partial charge in [0.2, 0.25) is 17.7 Å². The molecule has 2 heterocycles. The number of aromatic amines is 1. The van der Waals surface area contributed by atoms with Crippen LogP contribution in [0.25, 0.3) is 10.9 Å². The molecule has 4 atom stereocenters. The lowest BCUT2D eigenvalue weighted by atomic mass is 10.0. The topological polar surface area (TPSA) is 195 Å². The van der Waals surface area contributed by atoms with Crippen molar-refractivity contribution >= 4 is 52.3 Å². The second kappa shape index (κ2) is 13.3.